The van der Waals surface area contributed by atoms with E-state index < -0.39 is 12.7 Å². The lowest BCUT2D eigenvalue weighted by Crippen LogP contribution is -2.55. The number of fused-ring (bicyclic) bond motifs is 2. The first-order chi connectivity index (χ1) is 21.6. The molecule has 1 aromatic heterocycles. The molecule has 0 spiro atoms. The summed E-state index contributed by atoms with van der Waals surface area (Å²) in [6.45, 7) is 5.08. The second kappa shape index (κ2) is 12.8. The number of amides is 1. The van der Waals surface area contributed by atoms with Crippen molar-refractivity contribution in [1.29, 1.82) is 5.26 Å². The predicted octanol–water partition coefficient (Wildman–Crippen LogP) is 4.06. The van der Waals surface area contributed by atoms with Gasteiger partial charge in [-0.15, -0.1) is 0 Å². The number of nitriles is 1. The van der Waals surface area contributed by atoms with Crippen LogP contribution in [0.25, 0.3) is 0 Å². The molecule has 2 saturated heterocycles. The van der Waals surface area contributed by atoms with E-state index in [1.54, 1.807) is 11.0 Å². The molecular weight excluding hydrogens is 590 g/mol. The molecule has 0 radical (unpaired) electrons. The minimum Gasteiger partial charge on any atom is -0.462 e. The zero-order valence-electron chi connectivity index (χ0n) is 25.1. The number of hydrogen-bond acceptors (Lipinski definition) is 8. The lowest BCUT2D eigenvalue weighted by molar-refractivity contribution is -0.163. The first-order valence-electron chi connectivity index (χ1n) is 15.6. The fourth-order valence-corrected chi connectivity index (χ4v) is 7.13. The first kappa shape index (κ1) is 31.1. The molecule has 240 valence electrons. The van der Waals surface area contributed by atoms with Crippen LogP contribution in [0.15, 0.2) is 30.9 Å². The van der Waals surface area contributed by atoms with Gasteiger partial charge in [-0.25, -0.2) is 4.39 Å². The van der Waals surface area contributed by atoms with Gasteiger partial charge in [0.15, 0.2) is 0 Å². The standard InChI is InChI=1S/C32H37F4N7O2/c1-2-29(44)43-15-14-40(18-24(43)9-11-37)30-26-8-7-23(42-12-3-4-21-5-6-22(33)16-28(21)42)17-27(26)38-31(39-30)45-19-25-10-13-41(25)20-32(34,35)36/h2,5-6,16,23-25H,1,3-4,7-10,12-15,17-20H2. The number of aromatic nitrogens is 2. The van der Waals surface area contributed by atoms with Gasteiger partial charge in [0.2, 0.25) is 5.91 Å². The van der Waals surface area contributed by atoms with Crippen molar-refractivity contribution in [3.8, 4) is 12.1 Å². The molecule has 45 heavy (non-hydrogen) atoms. The van der Waals surface area contributed by atoms with E-state index in [2.05, 4.69) is 22.4 Å². The van der Waals surface area contributed by atoms with Crippen LogP contribution in [0.5, 0.6) is 6.01 Å². The smallest absolute Gasteiger partial charge is 0.401 e. The molecule has 3 aliphatic heterocycles. The Kier molecular flexibility index (Phi) is 8.86. The minimum absolute atomic E-state index is 0.0369. The van der Waals surface area contributed by atoms with Crippen LogP contribution in [0.1, 0.15) is 42.5 Å². The van der Waals surface area contributed by atoms with E-state index in [0.29, 0.717) is 51.3 Å². The van der Waals surface area contributed by atoms with E-state index >= 15 is 0 Å². The van der Waals surface area contributed by atoms with Crippen molar-refractivity contribution >= 4 is 17.4 Å². The Morgan fingerprint density at radius 3 is 2.71 bits per heavy atom. The lowest BCUT2D eigenvalue weighted by atomic mass is 9.88. The van der Waals surface area contributed by atoms with Gasteiger partial charge in [0.05, 0.1) is 30.8 Å². The van der Waals surface area contributed by atoms with E-state index in [1.807, 2.05) is 6.07 Å². The van der Waals surface area contributed by atoms with Crippen LogP contribution < -0.4 is 14.5 Å². The first-order valence-corrected chi connectivity index (χ1v) is 15.6. The summed E-state index contributed by atoms with van der Waals surface area (Å²) in [7, 11) is 0. The molecule has 3 unspecified atom stereocenters. The van der Waals surface area contributed by atoms with E-state index in [-0.39, 0.29) is 48.9 Å². The van der Waals surface area contributed by atoms with Crippen molar-refractivity contribution in [2.75, 3.05) is 55.7 Å². The van der Waals surface area contributed by atoms with Crippen LogP contribution in [0.4, 0.5) is 29.1 Å². The maximum Gasteiger partial charge on any atom is 0.401 e. The Labute approximate surface area is 260 Å². The summed E-state index contributed by atoms with van der Waals surface area (Å²) in [6, 6.07) is 6.60. The van der Waals surface area contributed by atoms with Gasteiger partial charge < -0.3 is 19.4 Å². The Morgan fingerprint density at radius 1 is 1.13 bits per heavy atom. The molecule has 2 fully saturated rings. The van der Waals surface area contributed by atoms with Crippen molar-refractivity contribution < 1.29 is 27.1 Å². The molecule has 3 atom stereocenters. The second-order valence-electron chi connectivity index (χ2n) is 12.3. The highest BCUT2D eigenvalue weighted by Gasteiger charge is 2.39. The number of benzene rings is 1. The topological polar surface area (TPSA) is 88.8 Å². The van der Waals surface area contributed by atoms with Crippen LogP contribution in [0, 0.1) is 17.1 Å². The number of piperazine rings is 1. The van der Waals surface area contributed by atoms with Crippen LogP contribution in [-0.4, -0.2) is 95.9 Å². The van der Waals surface area contributed by atoms with Gasteiger partial charge in [-0.2, -0.15) is 28.4 Å². The van der Waals surface area contributed by atoms with E-state index in [9.17, 15) is 27.6 Å². The van der Waals surface area contributed by atoms with Gasteiger partial charge in [-0.05, 0) is 55.9 Å². The third-order valence-corrected chi connectivity index (χ3v) is 9.47. The molecule has 6 rings (SSSR count). The molecule has 9 nitrogen and oxygen atoms in total. The van der Waals surface area contributed by atoms with Gasteiger partial charge in [-0.1, -0.05) is 12.6 Å². The zero-order chi connectivity index (χ0) is 31.7. The highest BCUT2D eigenvalue weighted by molar-refractivity contribution is 5.87. The highest BCUT2D eigenvalue weighted by atomic mass is 19.4. The number of halogens is 4. The minimum atomic E-state index is -4.28. The molecule has 0 bridgehead atoms. The maximum atomic E-state index is 14.3. The van der Waals surface area contributed by atoms with Crippen LogP contribution in [0.3, 0.4) is 0 Å². The number of carbonyl (C=O) groups excluding carboxylic acids is 1. The highest BCUT2D eigenvalue weighted by Crippen LogP contribution is 2.37. The zero-order valence-corrected chi connectivity index (χ0v) is 25.1. The predicted molar refractivity (Wildman–Crippen MR) is 160 cm³/mol. The summed E-state index contributed by atoms with van der Waals surface area (Å²) >= 11 is 0. The van der Waals surface area contributed by atoms with Gasteiger partial charge in [0.1, 0.15) is 18.2 Å². The number of rotatable bonds is 8. The summed E-state index contributed by atoms with van der Waals surface area (Å²) in [4.78, 5) is 29.4. The quantitative estimate of drug-likeness (QED) is 0.320. The van der Waals surface area contributed by atoms with Gasteiger partial charge in [0, 0.05) is 62.5 Å². The van der Waals surface area contributed by atoms with E-state index in [4.69, 9.17) is 14.7 Å². The fraction of sp³-hybridized carbons (Fsp3) is 0.562. The number of hydrogen-bond donors (Lipinski definition) is 0. The van der Waals surface area contributed by atoms with E-state index in [1.165, 1.54) is 17.0 Å². The Balaban J connectivity index is 1.28. The molecule has 2 aromatic rings. The van der Waals surface area contributed by atoms with Crippen molar-refractivity contribution in [1.82, 2.24) is 19.8 Å². The monoisotopic (exact) mass is 627 g/mol. The molecule has 1 amide bonds. The number of ether oxygens (including phenoxy) is 1. The normalized spacial score (nSPS) is 23.4. The largest absolute Gasteiger partial charge is 0.462 e. The van der Waals surface area contributed by atoms with Crippen molar-refractivity contribution in [2.24, 2.45) is 0 Å². The molecule has 4 heterocycles. The van der Waals surface area contributed by atoms with Crippen molar-refractivity contribution in [3.63, 3.8) is 0 Å². The Morgan fingerprint density at radius 2 is 1.98 bits per heavy atom. The van der Waals surface area contributed by atoms with Crippen LogP contribution >= 0.6 is 0 Å². The molecule has 1 aromatic carbocycles. The fourth-order valence-electron chi connectivity index (χ4n) is 7.13. The van der Waals surface area contributed by atoms with Gasteiger partial charge >= 0.3 is 12.2 Å². The summed E-state index contributed by atoms with van der Waals surface area (Å²) < 4.78 is 59.3. The SMILES string of the molecule is C=CC(=O)N1CCN(c2nc(OCC3CCN3CC(F)(F)F)nc3c2CCC(N2CCCc4ccc(F)cc42)C3)CC1CC#N. The number of anilines is 2. The van der Waals surface area contributed by atoms with Gasteiger partial charge in [0.25, 0.3) is 0 Å². The molecule has 4 aliphatic rings. The summed E-state index contributed by atoms with van der Waals surface area (Å²) in [5.74, 6) is 0.176. The van der Waals surface area contributed by atoms with Crippen LogP contribution in [0.2, 0.25) is 0 Å². The number of nitrogens with zero attached hydrogens (tertiary/aromatic N) is 7. The van der Waals surface area contributed by atoms with E-state index in [0.717, 1.165) is 48.3 Å². The summed E-state index contributed by atoms with van der Waals surface area (Å²) in [5, 5.41) is 9.49. The number of alkyl halides is 3. The third kappa shape index (κ3) is 6.71. The number of aryl methyl sites for hydroxylation is 1. The number of carbonyl (C=O) groups is 1. The maximum absolute atomic E-state index is 14.3. The van der Waals surface area contributed by atoms with Crippen molar-refractivity contribution in [2.45, 2.75) is 69.2 Å². The third-order valence-electron chi connectivity index (χ3n) is 9.47. The van der Waals surface area contributed by atoms with Crippen molar-refractivity contribution in [3.05, 3.63) is 53.5 Å². The average molecular weight is 628 g/mol. The lowest BCUT2D eigenvalue weighted by Gasteiger charge is -2.43. The summed E-state index contributed by atoms with van der Waals surface area (Å²) in [5.41, 5.74) is 3.81. The molecule has 0 N–H and O–H groups in total. The molecule has 1 aliphatic carbocycles. The average Bonchev–Trinajstić information content (AvgIpc) is 3.01. The molecule has 13 heteroatoms. The molecule has 0 saturated carbocycles. The van der Waals surface area contributed by atoms with Crippen LogP contribution in [-0.2, 0) is 24.1 Å². The Hall–Kier alpha value is -3.92. The molecular formula is C32H37F4N7O2. The Bertz CT molecular complexity index is 1480. The summed E-state index contributed by atoms with van der Waals surface area (Å²) in [6.07, 6.45) is 1.65. The van der Waals surface area contributed by atoms with Gasteiger partial charge in [-0.3, -0.25) is 9.69 Å². The number of likely N-dealkylation sites (tertiary alicyclic amines) is 1. The second-order valence-corrected chi connectivity index (χ2v) is 12.3.